The molecule has 0 atom stereocenters. The van der Waals surface area contributed by atoms with Crippen molar-refractivity contribution in [3.05, 3.63) is 41.0 Å². The van der Waals surface area contributed by atoms with Crippen molar-refractivity contribution in [1.29, 1.82) is 0 Å². The largest absolute Gasteiger partial charge is 0.352 e. The van der Waals surface area contributed by atoms with Crippen LogP contribution >= 0.6 is 0 Å². The molecule has 0 fully saturated rings. The van der Waals surface area contributed by atoms with Gasteiger partial charge < -0.3 is 5.32 Å². The highest BCUT2D eigenvalue weighted by molar-refractivity contribution is 7.89. The van der Waals surface area contributed by atoms with Crippen LogP contribution in [0, 0.1) is 6.92 Å². The Hall–Kier alpha value is -1.66. The van der Waals surface area contributed by atoms with Crippen molar-refractivity contribution in [2.75, 3.05) is 6.54 Å². The van der Waals surface area contributed by atoms with Crippen LogP contribution in [0.15, 0.2) is 34.7 Å². The third-order valence-corrected chi connectivity index (χ3v) is 4.55. The highest BCUT2D eigenvalue weighted by Gasteiger charge is 2.14. The van der Waals surface area contributed by atoms with Crippen molar-refractivity contribution in [2.45, 2.75) is 37.5 Å². The number of amides is 1. The monoisotopic (exact) mass is 308 g/mol. The fourth-order valence-corrected chi connectivity index (χ4v) is 3.06. The zero-order chi connectivity index (χ0) is 15.5. The fourth-order valence-electron chi connectivity index (χ4n) is 2.46. The molecule has 0 saturated carbocycles. The number of allylic oxidation sites excluding steroid dienone is 1. The van der Waals surface area contributed by atoms with Gasteiger partial charge in [0.15, 0.2) is 0 Å². The number of benzene rings is 1. The van der Waals surface area contributed by atoms with E-state index in [0.717, 1.165) is 19.3 Å². The van der Waals surface area contributed by atoms with Crippen molar-refractivity contribution in [2.24, 2.45) is 5.14 Å². The first-order valence-electron chi connectivity index (χ1n) is 6.97. The number of aryl methyl sites for hydroxylation is 1. The second kappa shape index (κ2) is 6.41. The molecule has 3 N–H and O–H groups in total. The van der Waals surface area contributed by atoms with Crippen LogP contribution in [0.4, 0.5) is 0 Å². The highest BCUT2D eigenvalue weighted by Crippen LogP contribution is 2.20. The molecule has 1 aliphatic carbocycles. The summed E-state index contributed by atoms with van der Waals surface area (Å²) in [7, 11) is -3.73. The smallest absolute Gasteiger partial charge is 0.251 e. The van der Waals surface area contributed by atoms with Gasteiger partial charge in [0.25, 0.3) is 5.91 Å². The molecular formula is C15H20N2O3S. The Kier molecular flexibility index (Phi) is 4.80. The summed E-state index contributed by atoms with van der Waals surface area (Å²) >= 11 is 0. The molecule has 2 rings (SSSR count). The van der Waals surface area contributed by atoms with Gasteiger partial charge in [-0.2, -0.15) is 0 Å². The number of sulfonamides is 1. The molecule has 21 heavy (non-hydrogen) atoms. The quantitative estimate of drug-likeness (QED) is 0.814. The molecule has 1 aliphatic rings. The first-order valence-corrected chi connectivity index (χ1v) is 8.52. The van der Waals surface area contributed by atoms with Crippen LogP contribution in [0.2, 0.25) is 0 Å². The minimum Gasteiger partial charge on any atom is -0.352 e. The first kappa shape index (κ1) is 15.7. The molecular weight excluding hydrogens is 288 g/mol. The number of rotatable bonds is 5. The van der Waals surface area contributed by atoms with Gasteiger partial charge in [0.05, 0.1) is 4.90 Å². The molecule has 0 saturated heterocycles. The van der Waals surface area contributed by atoms with Crippen molar-refractivity contribution in [3.8, 4) is 0 Å². The van der Waals surface area contributed by atoms with E-state index in [9.17, 15) is 13.2 Å². The predicted octanol–water partition coefficient (Wildman–Crippen LogP) is 1.87. The zero-order valence-corrected chi connectivity index (χ0v) is 12.9. The summed E-state index contributed by atoms with van der Waals surface area (Å²) in [6.07, 6.45) is 6.57. The summed E-state index contributed by atoms with van der Waals surface area (Å²) < 4.78 is 22.5. The second-order valence-electron chi connectivity index (χ2n) is 5.28. The molecule has 0 bridgehead atoms. The molecule has 0 aliphatic heterocycles. The number of nitrogens with one attached hydrogen (secondary N) is 1. The molecule has 0 unspecified atom stereocenters. The summed E-state index contributed by atoms with van der Waals surface area (Å²) in [6.45, 7) is 2.30. The number of carbonyl (C=O) groups is 1. The van der Waals surface area contributed by atoms with Gasteiger partial charge in [-0.05, 0) is 56.4 Å². The molecule has 0 radical (unpaired) electrons. The maximum Gasteiger partial charge on any atom is 0.251 e. The maximum atomic E-state index is 12.1. The van der Waals surface area contributed by atoms with Gasteiger partial charge in [0.2, 0.25) is 10.0 Å². The molecule has 0 spiro atoms. The predicted molar refractivity (Wildman–Crippen MR) is 81.4 cm³/mol. The van der Waals surface area contributed by atoms with Crippen LogP contribution in [0.3, 0.4) is 0 Å². The average Bonchev–Trinajstić information content (AvgIpc) is 2.90. The normalized spacial score (nSPS) is 14.9. The van der Waals surface area contributed by atoms with E-state index >= 15 is 0 Å². The molecule has 1 aromatic rings. The Morgan fingerprint density at radius 2 is 2.14 bits per heavy atom. The molecule has 1 aromatic carbocycles. The van der Waals surface area contributed by atoms with Crippen molar-refractivity contribution in [3.63, 3.8) is 0 Å². The summed E-state index contributed by atoms with van der Waals surface area (Å²) in [5.41, 5.74) is 2.47. The Balaban J connectivity index is 1.99. The molecule has 5 nitrogen and oxygen atoms in total. The van der Waals surface area contributed by atoms with Gasteiger partial charge in [-0.25, -0.2) is 13.6 Å². The van der Waals surface area contributed by atoms with E-state index in [1.807, 2.05) is 0 Å². The van der Waals surface area contributed by atoms with Gasteiger partial charge in [-0.15, -0.1) is 0 Å². The van der Waals surface area contributed by atoms with E-state index < -0.39 is 10.0 Å². The third-order valence-electron chi connectivity index (χ3n) is 3.64. The molecule has 0 aromatic heterocycles. The van der Waals surface area contributed by atoms with Crippen LogP contribution in [0.5, 0.6) is 0 Å². The maximum absolute atomic E-state index is 12.1. The van der Waals surface area contributed by atoms with Crippen LogP contribution < -0.4 is 10.5 Å². The fraction of sp³-hybridized carbons (Fsp3) is 0.400. The SMILES string of the molecule is Cc1cc(S(N)(=O)=O)ccc1C(=O)NCCC1=CCCC1. The van der Waals surface area contributed by atoms with E-state index in [2.05, 4.69) is 11.4 Å². The zero-order valence-electron chi connectivity index (χ0n) is 12.1. The topological polar surface area (TPSA) is 89.3 Å². The highest BCUT2D eigenvalue weighted by atomic mass is 32.2. The summed E-state index contributed by atoms with van der Waals surface area (Å²) in [6, 6.07) is 4.28. The lowest BCUT2D eigenvalue weighted by atomic mass is 10.1. The Morgan fingerprint density at radius 1 is 1.38 bits per heavy atom. The lowest BCUT2D eigenvalue weighted by Gasteiger charge is -2.09. The Bertz CT molecular complexity index is 678. The second-order valence-corrected chi connectivity index (χ2v) is 6.84. The Labute approximate surface area is 125 Å². The summed E-state index contributed by atoms with van der Waals surface area (Å²) in [5.74, 6) is -0.188. The van der Waals surface area contributed by atoms with Gasteiger partial charge in [-0.3, -0.25) is 4.79 Å². The van der Waals surface area contributed by atoms with Crippen LogP contribution in [0.25, 0.3) is 0 Å². The van der Waals surface area contributed by atoms with Crippen LogP contribution in [-0.4, -0.2) is 20.9 Å². The van der Waals surface area contributed by atoms with E-state index in [4.69, 9.17) is 5.14 Å². The van der Waals surface area contributed by atoms with Crippen molar-refractivity contribution in [1.82, 2.24) is 5.32 Å². The van der Waals surface area contributed by atoms with Gasteiger partial charge in [0, 0.05) is 12.1 Å². The number of primary sulfonamides is 1. The Morgan fingerprint density at radius 3 is 2.71 bits per heavy atom. The minimum absolute atomic E-state index is 0.0210. The number of hydrogen-bond donors (Lipinski definition) is 2. The lowest BCUT2D eigenvalue weighted by Crippen LogP contribution is -2.25. The third kappa shape index (κ3) is 4.15. The van der Waals surface area contributed by atoms with Gasteiger partial charge >= 0.3 is 0 Å². The van der Waals surface area contributed by atoms with E-state index in [0.29, 0.717) is 17.7 Å². The number of carbonyl (C=O) groups excluding carboxylic acids is 1. The van der Waals surface area contributed by atoms with E-state index in [-0.39, 0.29) is 10.8 Å². The minimum atomic E-state index is -3.73. The van der Waals surface area contributed by atoms with E-state index in [1.54, 1.807) is 6.92 Å². The summed E-state index contributed by atoms with van der Waals surface area (Å²) in [5, 5.41) is 7.93. The van der Waals surface area contributed by atoms with Gasteiger partial charge in [-0.1, -0.05) is 11.6 Å². The standard InChI is InChI=1S/C15H20N2O3S/c1-11-10-13(21(16,19)20)6-7-14(11)15(18)17-9-8-12-4-2-3-5-12/h4,6-7,10H,2-3,5,8-9H2,1H3,(H,17,18)(H2,16,19,20). The molecule has 6 heteroatoms. The van der Waals surface area contributed by atoms with Crippen LogP contribution in [0.1, 0.15) is 41.6 Å². The van der Waals surface area contributed by atoms with Gasteiger partial charge in [0.1, 0.15) is 0 Å². The average molecular weight is 308 g/mol. The lowest BCUT2D eigenvalue weighted by molar-refractivity contribution is 0.0953. The number of nitrogens with two attached hydrogens (primary N) is 1. The number of hydrogen-bond acceptors (Lipinski definition) is 3. The summed E-state index contributed by atoms with van der Waals surface area (Å²) in [4.78, 5) is 12.1. The molecule has 1 amide bonds. The van der Waals surface area contributed by atoms with Crippen molar-refractivity contribution >= 4 is 15.9 Å². The van der Waals surface area contributed by atoms with Crippen LogP contribution in [-0.2, 0) is 10.0 Å². The first-order chi connectivity index (χ1) is 9.88. The van der Waals surface area contributed by atoms with Crippen molar-refractivity contribution < 1.29 is 13.2 Å². The van der Waals surface area contributed by atoms with E-state index in [1.165, 1.54) is 30.2 Å². The molecule has 114 valence electrons. The molecule has 0 heterocycles.